The van der Waals surface area contributed by atoms with E-state index in [-0.39, 0.29) is 23.5 Å². The Labute approximate surface area is 180 Å². The summed E-state index contributed by atoms with van der Waals surface area (Å²) < 4.78 is 18.6. The van der Waals surface area contributed by atoms with E-state index < -0.39 is 5.82 Å². The van der Waals surface area contributed by atoms with Gasteiger partial charge >= 0.3 is 5.97 Å². The van der Waals surface area contributed by atoms with Crippen LogP contribution in [-0.2, 0) is 17.8 Å². The first-order valence-electron chi connectivity index (χ1n) is 10.5. The molecule has 1 amide bonds. The van der Waals surface area contributed by atoms with E-state index in [1.165, 1.54) is 17.7 Å². The van der Waals surface area contributed by atoms with Crippen LogP contribution in [0.3, 0.4) is 0 Å². The quantitative estimate of drug-likeness (QED) is 0.750. The lowest BCUT2D eigenvalue weighted by Gasteiger charge is -2.32. The molecule has 0 spiro atoms. The molecule has 2 aromatic rings. The zero-order chi connectivity index (χ0) is 22.0. The highest BCUT2D eigenvalue weighted by molar-refractivity contribution is 5.95. The second-order valence-electron chi connectivity index (χ2n) is 8.10. The third kappa shape index (κ3) is 4.44. The summed E-state index contributed by atoms with van der Waals surface area (Å²) in [6.45, 7) is 5.08. The molecule has 0 bridgehead atoms. The maximum Gasteiger partial charge on any atom is 0.338 e. The third-order valence-electron chi connectivity index (χ3n) is 6.25. The lowest BCUT2D eigenvalue weighted by Crippen LogP contribution is -2.45. The molecule has 31 heavy (non-hydrogen) atoms. The largest absolute Gasteiger partial charge is 0.457 e. The Morgan fingerprint density at radius 2 is 2.06 bits per heavy atom. The van der Waals surface area contributed by atoms with Gasteiger partial charge in [-0.05, 0) is 61.6 Å². The van der Waals surface area contributed by atoms with Crippen molar-refractivity contribution < 1.29 is 18.7 Å². The number of carbonyl (C=O) groups excluding carboxylic acids is 2. The van der Waals surface area contributed by atoms with Crippen LogP contribution in [0.4, 0.5) is 4.39 Å². The molecule has 7 heteroatoms. The van der Waals surface area contributed by atoms with Crippen molar-refractivity contribution in [2.45, 2.75) is 38.8 Å². The van der Waals surface area contributed by atoms with E-state index in [2.05, 4.69) is 10.2 Å². The summed E-state index contributed by atoms with van der Waals surface area (Å²) >= 11 is 0. The number of ether oxygens (including phenoxy) is 1. The molecule has 2 aliphatic heterocycles. The number of nitriles is 1. The van der Waals surface area contributed by atoms with Crippen LogP contribution >= 0.6 is 0 Å². The van der Waals surface area contributed by atoms with Crippen molar-refractivity contribution in [1.82, 2.24) is 10.2 Å². The normalized spacial score (nSPS) is 16.5. The van der Waals surface area contributed by atoms with E-state index in [0.717, 1.165) is 56.1 Å². The van der Waals surface area contributed by atoms with Gasteiger partial charge in [0.25, 0.3) is 5.91 Å². The molecule has 1 fully saturated rings. The first kappa shape index (κ1) is 21.0. The van der Waals surface area contributed by atoms with Gasteiger partial charge in [0.15, 0.2) is 0 Å². The highest BCUT2D eigenvalue weighted by atomic mass is 19.1. The number of benzene rings is 2. The molecule has 0 aliphatic carbocycles. The molecule has 2 aliphatic rings. The Hall–Kier alpha value is -3.24. The number of fused-ring (bicyclic) bond motifs is 1. The molecule has 0 radical (unpaired) electrons. The number of esters is 1. The Kier molecular flexibility index (Phi) is 6.01. The highest BCUT2D eigenvalue weighted by Crippen LogP contribution is 2.26. The van der Waals surface area contributed by atoms with Crippen LogP contribution in [-0.4, -0.2) is 42.5 Å². The first-order chi connectivity index (χ1) is 15.0. The van der Waals surface area contributed by atoms with E-state index >= 15 is 0 Å². The molecule has 4 rings (SSSR count). The molecule has 0 unspecified atom stereocenters. The van der Waals surface area contributed by atoms with Gasteiger partial charge < -0.3 is 15.0 Å². The number of cyclic esters (lactones) is 1. The summed E-state index contributed by atoms with van der Waals surface area (Å²) in [6.07, 6.45) is 2.57. The number of likely N-dealkylation sites (tertiary alicyclic amines) is 1. The van der Waals surface area contributed by atoms with Gasteiger partial charge in [0, 0.05) is 36.8 Å². The summed E-state index contributed by atoms with van der Waals surface area (Å²) in [5, 5.41) is 11.9. The SMILES string of the molecule is Cc1c(CCN2CCC(NC(=O)c3ccc(F)c(C#N)c3)CC2)ccc2c1COC2=O. The van der Waals surface area contributed by atoms with Crippen molar-refractivity contribution in [3.05, 3.63) is 69.5 Å². The van der Waals surface area contributed by atoms with Crippen LogP contribution in [0.15, 0.2) is 30.3 Å². The van der Waals surface area contributed by atoms with Crippen molar-refractivity contribution >= 4 is 11.9 Å². The Morgan fingerprint density at radius 3 is 2.81 bits per heavy atom. The molecule has 1 saturated heterocycles. The number of hydrogen-bond acceptors (Lipinski definition) is 5. The van der Waals surface area contributed by atoms with Gasteiger partial charge in [-0.2, -0.15) is 5.26 Å². The summed E-state index contributed by atoms with van der Waals surface area (Å²) in [6, 6.07) is 9.55. The van der Waals surface area contributed by atoms with Crippen LogP contribution < -0.4 is 5.32 Å². The van der Waals surface area contributed by atoms with Gasteiger partial charge in [-0.1, -0.05) is 6.07 Å². The fourth-order valence-corrected chi connectivity index (χ4v) is 4.27. The Balaban J connectivity index is 1.27. The molecule has 0 saturated carbocycles. The summed E-state index contributed by atoms with van der Waals surface area (Å²) in [4.78, 5) is 26.5. The van der Waals surface area contributed by atoms with E-state index in [4.69, 9.17) is 10.00 Å². The predicted molar refractivity (Wildman–Crippen MR) is 112 cm³/mol. The fraction of sp³-hybridized carbons (Fsp3) is 0.375. The predicted octanol–water partition coefficient (Wildman–Crippen LogP) is 3.11. The molecular formula is C24H24FN3O3. The molecule has 2 aromatic carbocycles. The van der Waals surface area contributed by atoms with Crippen LogP contribution in [0.5, 0.6) is 0 Å². The third-order valence-corrected chi connectivity index (χ3v) is 6.25. The molecule has 0 atom stereocenters. The van der Waals surface area contributed by atoms with Crippen LogP contribution in [0.1, 0.15) is 55.8 Å². The number of nitrogens with zero attached hydrogens (tertiary/aromatic N) is 2. The number of halogens is 1. The minimum absolute atomic E-state index is 0.0595. The van der Waals surface area contributed by atoms with Crippen LogP contribution in [0.25, 0.3) is 0 Å². The molecular weight excluding hydrogens is 397 g/mol. The Morgan fingerprint density at radius 1 is 1.29 bits per heavy atom. The zero-order valence-corrected chi connectivity index (χ0v) is 17.4. The van der Waals surface area contributed by atoms with Gasteiger partial charge in [0.2, 0.25) is 0 Å². The molecule has 6 nitrogen and oxygen atoms in total. The first-order valence-corrected chi connectivity index (χ1v) is 10.5. The highest BCUT2D eigenvalue weighted by Gasteiger charge is 2.25. The van der Waals surface area contributed by atoms with Gasteiger partial charge in [-0.3, -0.25) is 4.79 Å². The van der Waals surface area contributed by atoms with Crippen molar-refractivity contribution in [2.75, 3.05) is 19.6 Å². The van der Waals surface area contributed by atoms with Gasteiger partial charge in [0.05, 0.1) is 11.1 Å². The average Bonchev–Trinajstić information content (AvgIpc) is 3.16. The van der Waals surface area contributed by atoms with E-state index in [0.29, 0.717) is 17.7 Å². The van der Waals surface area contributed by atoms with E-state index in [1.807, 2.05) is 19.1 Å². The summed E-state index contributed by atoms with van der Waals surface area (Å²) in [7, 11) is 0. The van der Waals surface area contributed by atoms with E-state index in [1.54, 1.807) is 6.07 Å². The zero-order valence-electron chi connectivity index (χ0n) is 17.4. The standard InChI is InChI=1S/C24H24FN3O3/c1-15-16(2-4-20-21(15)14-31-24(20)30)6-9-28-10-7-19(8-11-28)27-23(29)17-3-5-22(25)18(12-17)13-26/h2-5,12,19H,6-11,14H2,1H3,(H,27,29). The molecule has 1 N–H and O–H groups in total. The van der Waals surface area contributed by atoms with E-state index in [9.17, 15) is 14.0 Å². The average molecular weight is 421 g/mol. The number of hydrogen-bond donors (Lipinski definition) is 1. The second kappa shape index (κ2) is 8.86. The van der Waals surface area contributed by atoms with Crippen molar-refractivity contribution in [3.63, 3.8) is 0 Å². The van der Waals surface area contributed by atoms with Gasteiger partial charge in [0.1, 0.15) is 18.5 Å². The van der Waals surface area contributed by atoms with Gasteiger partial charge in [-0.25, -0.2) is 9.18 Å². The second-order valence-corrected chi connectivity index (χ2v) is 8.10. The maximum atomic E-state index is 13.5. The lowest BCUT2D eigenvalue weighted by atomic mass is 9.96. The smallest absolute Gasteiger partial charge is 0.338 e. The van der Waals surface area contributed by atoms with Crippen LogP contribution in [0, 0.1) is 24.1 Å². The Bertz CT molecular complexity index is 1070. The molecule has 160 valence electrons. The van der Waals surface area contributed by atoms with Gasteiger partial charge in [-0.15, -0.1) is 0 Å². The maximum absolute atomic E-state index is 13.5. The van der Waals surface area contributed by atoms with Crippen LogP contribution in [0.2, 0.25) is 0 Å². The number of piperidine rings is 1. The molecule has 2 heterocycles. The van der Waals surface area contributed by atoms with Crippen molar-refractivity contribution in [1.29, 1.82) is 5.26 Å². The number of nitrogens with one attached hydrogen (secondary N) is 1. The lowest BCUT2D eigenvalue weighted by molar-refractivity contribution is 0.0534. The minimum Gasteiger partial charge on any atom is -0.457 e. The number of amides is 1. The summed E-state index contributed by atoms with van der Waals surface area (Å²) in [5.41, 5.74) is 4.24. The fourth-order valence-electron chi connectivity index (χ4n) is 4.27. The topological polar surface area (TPSA) is 82.4 Å². The van der Waals surface area contributed by atoms with Crippen molar-refractivity contribution in [3.8, 4) is 6.07 Å². The molecule has 0 aromatic heterocycles. The number of rotatable bonds is 5. The monoisotopic (exact) mass is 421 g/mol. The van der Waals surface area contributed by atoms with Crippen molar-refractivity contribution in [2.24, 2.45) is 0 Å². The summed E-state index contributed by atoms with van der Waals surface area (Å²) in [5.74, 6) is -1.14. The number of carbonyl (C=O) groups is 2. The minimum atomic E-state index is -0.620.